The van der Waals surface area contributed by atoms with Crippen molar-refractivity contribution in [2.24, 2.45) is 4.99 Å². The van der Waals surface area contributed by atoms with E-state index in [1.807, 2.05) is 61.5 Å². The van der Waals surface area contributed by atoms with E-state index in [0.717, 1.165) is 11.1 Å². The van der Waals surface area contributed by atoms with Crippen LogP contribution >= 0.6 is 0 Å². The first kappa shape index (κ1) is 25.5. The van der Waals surface area contributed by atoms with Crippen LogP contribution in [-0.4, -0.2) is 36.1 Å². The number of benzene rings is 4. The SMILES string of the molecule is Cc1ccccc1C(=O)CN1C(=O)C(NC(=O)Nc2ccc(F)cc2)N=C(c2ccccc2)c2ccccc21. The number of anilines is 2. The van der Waals surface area contributed by atoms with Gasteiger partial charge in [-0.25, -0.2) is 14.2 Å². The Morgan fingerprint density at radius 2 is 1.54 bits per heavy atom. The third kappa shape index (κ3) is 5.60. The standard InChI is InChI=1S/C31H25FN4O3/c1-20-9-5-6-12-24(20)27(37)19-36-26-14-8-7-13-25(26)28(21-10-3-2-4-11-21)34-29(30(36)38)35-31(39)33-23-17-15-22(32)16-18-23/h2-18,29H,19H2,1H3,(H2,33,35,39). The third-order valence-electron chi connectivity index (χ3n) is 6.37. The van der Waals surface area contributed by atoms with Gasteiger partial charge in [0, 0.05) is 22.4 Å². The van der Waals surface area contributed by atoms with Crippen LogP contribution in [0.5, 0.6) is 0 Å². The highest BCUT2D eigenvalue weighted by atomic mass is 19.1. The van der Waals surface area contributed by atoms with Crippen molar-refractivity contribution in [1.82, 2.24) is 5.32 Å². The molecule has 5 rings (SSSR count). The molecule has 0 radical (unpaired) electrons. The van der Waals surface area contributed by atoms with Gasteiger partial charge >= 0.3 is 6.03 Å². The normalized spacial score (nSPS) is 14.6. The van der Waals surface area contributed by atoms with E-state index in [-0.39, 0.29) is 12.3 Å². The van der Waals surface area contributed by atoms with Gasteiger partial charge in [-0.1, -0.05) is 72.8 Å². The lowest BCUT2D eigenvalue weighted by Gasteiger charge is -2.25. The third-order valence-corrected chi connectivity index (χ3v) is 6.37. The van der Waals surface area contributed by atoms with Gasteiger partial charge in [0.15, 0.2) is 5.78 Å². The van der Waals surface area contributed by atoms with Crippen LogP contribution in [0.4, 0.5) is 20.6 Å². The quantitative estimate of drug-likeness (QED) is 0.336. The number of amides is 3. The van der Waals surface area contributed by atoms with Gasteiger partial charge in [-0.05, 0) is 42.8 Å². The summed E-state index contributed by atoms with van der Waals surface area (Å²) in [5.74, 6) is -1.25. The summed E-state index contributed by atoms with van der Waals surface area (Å²) >= 11 is 0. The number of Topliss-reactive ketones (excluding diaryl/α,β-unsaturated/α-hetero) is 1. The molecule has 1 aliphatic heterocycles. The van der Waals surface area contributed by atoms with E-state index < -0.39 is 23.9 Å². The molecule has 8 heteroatoms. The number of rotatable bonds is 6. The Hall–Kier alpha value is -5.11. The van der Waals surface area contributed by atoms with Crippen molar-refractivity contribution in [3.8, 4) is 0 Å². The number of para-hydroxylation sites is 1. The zero-order chi connectivity index (χ0) is 27.4. The number of nitrogens with one attached hydrogen (secondary N) is 2. The highest BCUT2D eigenvalue weighted by Crippen LogP contribution is 2.29. The molecule has 0 aliphatic carbocycles. The number of benzodiazepines with no additional fused rings is 1. The van der Waals surface area contributed by atoms with Crippen LogP contribution in [-0.2, 0) is 4.79 Å². The first-order valence-corrected chi connectivity index (χ1v) is 12.4. The minimum absolute atomic E-state index is 0.240. The lowest BCUT2D eigenvalue weighted by molar-refractivity contribution is -0.120. The smallest absolute Gasteiger partial charge is 0.308 e. The molecule has 0 aromatic heterocycles. The molecule has 3 amide bonds. The molecule has 0 fully saturated rings. The molecular formula is C31H25FN4O3. The van der Waals surface area contributed by atoms with Gasteiger partial charge in [0.2, 0.25) is 6.17 Å². The molecule has 39 heavy (non-hydrogen) atoms. The number of aliphatic imine (C=N–C) groups is 1. The molecule has 0 spiro atoms. The Morgan fingerprint density at radius 1 is 0.872 bits per heavy atom. The number of ketones is 1. The Kier molecular flexibility index (Phi) is 7.27. The summed E-state index contributed by atoms with van der Waals surface area (Å²) in [7, 11) is 0. The van der Waals surface area contributed by atoms with Gasteiger partial charge < -0.3 is 15.5 Å². The van der Waals surface area contributed by atoms with Crippen molar-refractivity contribution >= 4 is 34.8 Å². The number of hydrogen-bond acceptors (Lipinski definition) is 4. The fourth-order valence-corrected chi connectivity index (χ4v) is 4.45. The molecular weight excluding hydrogens is 495 g/mol. The predicted molar refractivity (Wildman–Crippen MR) is 149 cm³/mol. The van der Waals surface area contributed by atoms with Gasteiger partial charge in [0.1, 0.15) is 5.82 Å². The van der Waals surface area contributed by atoms with E-state index in [0.29, 0.717) is 28.2 Å². The highest BCUT2D eigenvalue weighted by molar-refractivity contribution is 6.21. The Bertz CT molecular complexity index is 1570. The van der Waals surface area contributed by atoms with E-state index in [1.54, 1.807) is 24.3 Å². The fourth-order valence-electron chi connectivity index (χ4n) is 4.45. The predicted octanol–water partition coefficient (Wildman–Crippen LogP) is 5.35. The molecule has 4 aromatic rings. The molecule has 1 aliphatic rings. The molecule has 1 heterocycles. The van der Waals surface area contributed by atoms with E-state index in [1.165, 1.54) is 29.2 Å². The largest absolute Gasteiger partial charge is 0.321 e. The number of hydrogen-bond donors (Lipinski definition) is 2. The van der Waals surface area contributed by atoms with Gasteiger partial charge in [-0.15, -0.1) is 0 Å². The Balaban J connectivity index is 1.54. The molecule has 0 saturated carbocycles. The molecule has 0 saturated heterocycles. The second kappa shape index (κ2) is 11.1. The summed E-state index contributed by atoms with van der Waals surface area (Å²) in [5, 5.41) is 5.23. The maximum Gasteiger partial charge on any atom is 0.321 e. The molecule has 2 N–H and O–H groups in total. The van der Waals surface area contributed by atoms with Crippen LogP contribution in [0.3, 0.4) is 0 Å². The Morgan fingerprint density at radius 3 is 2.28 bits per heavy atom. The first-order valence-electron chi connectivity index (χ1n) is 12.4. The first-order chi connectivity index (χ1) is 18.9. The number of carbonyl (C=O) groups is 3. The minimum Gasteiger partial charge on any atom is -0.308 e. The number of carbonyl (C=O) groups excluding carboxylic acids is 3. The second-order valence-electron chi connectivity index (χ2n) is 9.03. The number of nitrogens with zero attached hydrogens (tertiary/aromatic N) is 2. The number of fused-ring (bicyclic) bond motifs is 1. The van der Waals surface area contributed by atoms with E-state index in [2.05, 4.69) is 10.6 Å². The van der Waals surface area contributed by atoms with Crippen LogP contribution < -0.4 is 15.5 Å². The number of aryl methyl sites for hydroxylation is 1. The topological polar surface area (TPSA) is 90.9 Å². The fraction of sp³-hybridized carbons (Fsp3) is 0.0968. The number of urea groups is 1. The van der Waals surface area contributed by atoms with Crippen LogP contribution in [0, 0.1) is 12.7 Å². The lowest BCUT2D eigenvalue weighted by atomic mass is 9.99. The summed E-state index contributed by atoms with van der Waals surface area (Å²) in [6.45, 7) is 1.60. The van der Waals surface area contributed by atoms with E-state index in [4.69, 9.17) is 4.99 Å². The van der Waals surface area contributed by atoms with Crippen molar-refractivity contribution < 1.29 is 18.8 Å². The minimum atomic E-state index is -1.34. The molecule has 7 nitrogen and oxygen atoms in total. The number of halogens is 1. The zero-order valence-corrected chi connectivity index (χ0v) is 21.1. The highest BCUT2D eigenvalue weighted by Gasteiger charge is 2.34. The zero-order valence-electron chi connectivity index (χ0n) is 21.1. The van der Waals surface area contributed by atoms with Crippen molar-refractivity contribution in [2.75, 3.05) is 16.8 Å². The maximum atomic E-state index is 13.9. The van der Waals surface area contributed by atoms with Gasteiger partial charge in [0.25, 0.3) is 5.91 Å². The molecule has 0 bridgehead atoms. The van der Waals surface area contributed by atoms with Gasteiger partial charge in [-0.3, -0.25) is 9.59 Å². The maximum absolute atomic E-state index is 13.9. The Labute approximate surface area is 225 Å². The average Bonchev–Trinajstić information content (AvgIpc) is 3.05. The van der Waals surface area contributed by atoms with Crippen molar-refractivity contribution in [1.29, 1.82) is 0 Å². The summed E-state index contributed by atoms with van der Waals surface area (Å²) < 4.78 is 13.3. The van der Waals surface area contributed by atoms with Crippen LogP contribution in [0.25, 0.3) is 0 Å². The van der Waals surface area contributed by atoms with Crippen LogP contribution in [0.1, 0.15) is 27.0 Å². The molecule has 4 aromatic carbocycles. The summed E-state index contributed by atoms with van der Waals surface area (Å²) in [6, 6.07) is 28.3. The van der Waals surface area contributed by atoms with Crippen LogP contribution in [0.15, 0.2) is 108 Å². The summed E-state index contributed by atoms with van der Waals surface area (Å²) in [6.07, 6.45) is -1.34. The van der Waals surface area contributed by atoms with Gasteiger partial charge in [0.05, 0.1) is 17.9 Å². The monoisotopic (exact) mass is 520 g/mol. The van der Waals surface area contributed by atoms with Crippen molar-refractivity contribution in [2.45, 2.75) is 13.1 Å². The second-order valence-corrected chi connectivity index (χ2v) is 9.03. The van der Waals surface area contributed by atoms with Crippen molar-refractivity contribution in [3.63, 3.8) is 0 Å². The van der Waals surface area contributed by atoms with E-state index >= 15 is 0 Å². The molecule has 1 unspecified atom stereocenters. The summed E-state index contributed by atoms with van der Waals surface area (Å²) in [4.78, 5) is 46.3. The van der Waals surface area contributed by atoms with Crippen LogP contribution in [0.2, 0.25) is 0 Å². The van der Waals surface area contributed by atoms with Crippen molar-refractivity contribution in [3.05, 3.63) is 131 Å². The lowest BCUT2D eigenvalue weighted by Crippen LogP contribution is -2.50. The average molecular weight is 521 g/mol. The molecule has 194 valence electrons. The van der Waals surface area contributed by atoms with E-state index in [9.17, 15) is 18.8 Å². The molecule has 1 atom stereocenters. The van der Waals surface area contributed by atoms with Gasteiger partial charge in [-0.2, -0.15) is 0 Å². The summed E-state index contributed by atoms with van der Waals surface area (Å²) in [5.41, 5.74) is 4.06.